The summed E-state index contributed by atoms with van der Waals surface area (Å²) in [7, 11) is 0. The van der Waals surface area contributed by atoms with Gasteiger partial charge in [0.2, 0.25) is 0 Å². The van der Waals surface area contributed by atoms with E-state index in [1.165, 1.54) is 0 Å². The number of hydrogen-bond donors (Lipinski definition) is 0. The molecule has 0 N–H and O–H groups in total. The van der Waals surface area contributed by atoms with E-state index in [1.54, 1.807) is 19.1 Å². The van der Waals surface area contributed by atoms with Gasteiger partial charge in [-0.1, -0.05) is 31.2 Å². The monoisotopic (exact) mass is 500 g/mol. The van der Waals surface area contributed by atoms with Crippen molar-refractivity contribution in [2.75, 3.05) is 13.2 Å². The second-order valence-corrected chi connectivity index (χ2v) is 9.83. The van der Waals surface area contributed by atoms with E-state index in [-0.39, 0.29) is 35.6 Å². The summed E-state index contributed by atoms with van der Waals surface area (Å²) in [5.74, 6) is 5.27. The van der Waals surface area contributed by atoms with Crippen LogP contribution in [0, 0.1) is 35.5 Å². The van der Waals surface area contributed by atoms with Crippen molar-refractivity contribution in [3.63, 3.8) is 0 Å². The minimum atomic E-state index is -0.518. The molecule has 0 bridgehead atoms. The summed E-state index contributed by atoms with van der Waals surface area (Å²) in [6.07, 6.45) is 4.48. The molecule has 0 radical (unpaired) electrons. The number of rotatable bonds is 6. The van der Waals surface area contributed by atoms with E-state index in [9.17, 15) is 9.59 Å². The molecule has 1 aromatic rings. The third kappa shape index (κ3) is 4.85. The van der Waals surface area contributed by atoms with Gasteiger partial charge in [-0.3, -0.25) is 4.79 Å². The molecule has 0 aromatic heterocycles. The molecule has 1 aliphatic heterocycles. The zero-order valence-electron chi connectivity index (χ0n) is 18.5. The van der Waals surface area contributed by atoms with Crippen molar-refractivity contribution in [1.82, 2.24) is 0 Å². The summed E-state index contributed by atoms with van der Waals surface area (Å²) in [4.78, 5) is 25.7. The molecule has 4 rings (SSSR count). The van der Waals surface area contributed by atoms with Crippen molar-refractivity contribution in [3.8, 4) is 11.8 Å². The Balaban J connectivity index is 1.55. The van der Waals surface area contributed by atoms with Gasteiger partial charge in [0, 0.05) is 31.1 Å². The van der Waals surface area contributed by atoms with Crippen molar-refractivity contribution in [2.45, 2.75) is 51.4 Å². The zero-order chi connectivity index (χ0) is 22.7. The number of hydrogen-bond acceptors (Lipinski definition) is 5. The number of allylic oxidation sites excluding steroid dienone is 1. The smallest absolute Gasteiger partial charge is 0.338 e. The van der Waals surface area contributed by atoms with E-state index in [0.717, 1.165) is 19.3 Å². The van der Waals surface area contributed by atoms with Gasteiger partial charge in [0.05, 0.1) is 23.3 Å². The molecule has 1 unspecified atom stereocenters. The first-order valence-corrected chi connectivity index (χ1v) is 12.1. The molecule has 32 heavy (non-hydrogen) atoms. The zero-order valence-corrected chi connectivity index (χ0v) is 20.1. The van der Waals surface area contributed by atoms with Crippen LogP contribution in [0.1, 0.15) is 49.9 Å². The minimum Gasteiger partial charge on any atom is -0.458 e. The number of fused-ring (bicyclic) bond motifs is 1. The van der Waals surface area contributed by atoms with Gasteiger partial charge in [0.1, 0.15) is 6.10 Å². The fraction of sp³-hybridized carbons (Fsp3) is 0.538. The van der Waals surface area contributed by atoms with Gasteiger partial charge in [-0.05, 0) is 53.2 Å². The van der Waals surface area contributed by atoms with Crippen molar-refractivity contribution in [3.05, 3.63) is 46.5 Å². The molecule has 5 atom stereocenters. The number of carbonyl (C=O) groups is 2. The fourth-order valence-corrected chi connectivity index (χ4v) is 6.00. The highest BCUT2D eigenvalue weighted by molar-refractivity contribution is 9.12. The summed E-state index contributed by atoms with van der Waals surface area (Å²) in [6, 6.07) is 9.04. The first-order valence-electron chi connectivity index (χ1n) is 11.3. The molecule has 2 saturated carbocycles. The molecule has 1 heterocycles. The number of ether oxygens (including phenoxy) is 3. The van der Waals surface area contributed by atoms with Crippen LogP contribution in [-0.4, -0.2) is 36.9 Å². The van der Waals surface area contributed by atoms with Gasteiger partial charge in [0.15, 0.2) is 11.6 Å². The second kappa shape index (κ2) is 9.91. The predicted octanol–water partition coefficient (Wildman–Crippen LogP) is 4.90. The lowest BCUT2D eigenvalue weighted by atomic mass is 9.89. The minimum absolute atomic E-state index is 0.0189. The highest BCUT2D eigenvalue weighted by atomic mass is 79.9. The van der Waals surface area contributed by atoms with Crippen LogP contribution in [-0.2, 0) is 19.0 Å². The van der Waals surface area contributed by atoms with E-state index in [1.807, 2.05) is 31.2 Å². The Bertz CT molecular complexity index is 938. The van der Waals surface area contributed by atoms with E-state index in [2.05, 4.69) is 27.8 Å². The highest BCUT2D eigenvalue weighted by Crippen LogP contribution is 2.55. The second-order valence-electron chi connectivity index (χ2n) is 8.97. The van der Waals surface area contributed by atoms with Crippen LogP contribution in [0.5, 0.6) is 0 Å². The van der Waals surface area contributed by atoms with Crippen LogP contribution in [0.4, 0.5) is 0 Å². The normalized spacial score (nSPS) is 29.3. The highest BCUT2D eigenvalue weighted by Gasteiger charge is 2.57. The predicted molar refractivity (Wildman–Crippen MR) is 124 cm³/mol. The molecule has 3 aliphatic rings. The van der Waals surface area contributed by atoms with E-state index >= 15 is 0 Å². The Morgan fingerprint density at radius 1 is 1.25 bits per heavy atom. The molecular weight excluding hydrogens is 472 g/mol. The van der Waals surface area contributed by atoms with Crippen LogP contribution >= 0.6 is 15.9 Å². The van der Waals surface area contributed by atoms with Gasteiger partial charge in [-0.25, -0.2) is 4.79 Å². The molecule has 0 amide bonds. The maximum atomic E-state index is 12.9. The quantitative estimate of drug-likeness (QED) is 0.315. The molecule has 3 fully saturated rings. The van der Waals surface area contributed by atoms with E-state index in [4.69, 9.17) is 14.2 Å². The molecule has 1 saturated heterocycles. The SMILES string of the molecule is CC#CCC(C)C(=O)/C(Br)=C/[C@@H]1[C@H]2CC3(C[C@H]2C[C@H]1OC(=O)c1ccccc1)OCCO3. The Labute approximate surface area is 198 Å². The largest absolute Gasteiger partial charge is 0.458 e. The van der Waals surface area contributed by atoms with Gasteiger partial charge in [-0.2, -0.15) is 0 Å². The lowest BCUT2D eigenvalue weighted by Crippen LogP contribution is -2.31. The summed E-state index contributed by atoms with van der Waals surface area (Å²) in [6.45, 7) is 4.89. The van der Waals surface area contributed by atoms with Crippen LogP contribution in [0.2, 0.25) is 0 Å². The van der Waals surface area contributed by atoms with Crippen LogP contribution < -0.4 is 0 Å². The molecule has 1 aromatic carbocycles. The van der Waals surface area contributed by atoms with Crippen molar-refractivity contribution < 1.29 is 23.8 Å². The van der Waals surface area contributed by atoms with Crippen molar-refractivity contribution >= 4 is 27.7 Å². The molecular formula is C26H29BrO5. The third-order valence-electron chi connectivity index (χ3n) is 6.87. The van der Waals surface area contributed by atoms with Crippen LogP contribution in [0.25, 0.3) is 0 Å². The number of benzene rings is 1. The van der Waals surface area contributed by atoms with Crippen LogP contribution in [0.15, 0.2) is 40.9 Å². The fourth-order valence-electron chi connectivity index (χ4n) is 5.30. The molecule has 5 nitrogen and oxygen atoms in total. The molecule has 6 heteroatoms. The lowest BCUT2D eigenvalue weighted by Gasteiger charge is -2.27. The van der Waals surface area contributed by atoms with Crippen molar-refractivity contribution in [1.29, 1.82) is 0 Å². The van der Waals surface area contributed by atoms with Gasteiger partial charge >= 0.3 is 5.97 Å². The Kier molecular flexibility index (Phi) is 7.19. The first-order chi connectivity index (χ1) is 15.4. The number of esters is 1. The Morgan fingerprint density at radius 2 is 1.97 bits per heavy atom. The van der Waals surface area contributed by atoms with Gasteiger partial charge < -0.3 is 14.2 Å². The van der Waals surface area contributed by atoms with E-state index in [0.29, 0.717) is 35.6 Å². The summed E-state index contributed by atoms with van der Waals surface area (Å²) >= 11 is 3.52. The standard InChI is InChI=1S/C26H29BrO5/c1-3-4-8-17(2)24(28)22(27)14-20-21-16-26(30-11-12-31-26)15-19(21)13-23(20)32-25(29)18-9-6-5-7-10-18/h5-7,9-10,14,17,19-21,23H,8,11-13,15-16H2,1-2H3/b22-14-/t17?,19-,20-,21+,23-/m1/s1. The number of Topliss-reactive ketones (excluding diaryl/α,β-unsaturated/α-hetero) is 1. The number of ketones is 1. The summed E-state index contributed by atoms with van der Waals surface area (Å²) < 4.78 is 18.4. The average Bonchev–Trinajstić information content (AvgIpc) is 3.48. The number of carbonyl (C=O) groups excluding carboxylic acids is 2. The first kappa shape index (κ1) is 23.2. The molecule has 2 aliphatic carbocycles. The number of halogens is 1. The summed E-state index contributed by atoms with van der Waals surface area (Å²) in [5.41, 5.74) is 0.535. The molecule has 170 valence electrons. The Hall–Kier alpha value is -1.94. The topological polar surface area (TPSA) is 61.8 Å². The third-order valence-corrected chi connectivity index (χ3v) is 7.53. The maximum absolute atomic E-state index is 12.9. The van der Waals surface area contributed by atoms with Crippen LogP contribution in [0.3, 0.4) is 0 Å². The average molecular weight is 501 g/mol. The van der Waals surface area contributed by atoms with E-state index < -0.39 is 5.79 Å². The summed E-state index contributed by atoms with van der Waals surface area (Å²) in [5, 5.41) is 0. The van der Waals surface area contributed by atoms with Crippen molar-refractivity contribution in [2.24, 2.45) is 23.7 Å². The lowest BCUT2D eigenvalue weighted by molar-refractivity contribution is -0.157. The molecule has 1 spiro atoms. The van der Waals surface area contributed by atoms with Gasteiger partial charge in [-0.15, -0.1) is 11.8 Å². The van der Waals surface area contributed by atoms with Gasteiger partial charge in [0.25, 0.3) is 0 Å². The maximum Gasteiger partial charge on any atom is 0.338 e. The Morgan fingerprint density at radius 3 is 2.66 bits per heavy atom.